The molecule has 7 nitrogen and oxygen atoms in total. The van der Waals surface area contributed by atoms with E-state index in [9.17, 15) is 24.4 Å². The molecular weight excluding hydrogens is 420 g/mol. The zero-order valence-corrected chi connectivity index (χ0v) is 19.1. The van der Waals surface area contributed by atoms with Gasteiger partial charge in [-0.3, -0.25) is 9.59 Å². The average molecular weight is 451 g/mol. The lowest BCUT2D eigenvalue weighted by Gasteiger charge is -2.23. The van der Waals surface area contributed by atoms with Gasteiger partial charge in [-0.25, -0.2) is 0 Å². The van der Waals surface area contributed by atoms with Crippen molar-refractivity contribution in [2.24, 2.45) is 5.92 Å². The molecule has 1 aliphatic rings. The van der Waals surface area contributed by atoms with E-state index in [1.165, 1.54) is 32.4 Å². The lowest BCUT2D eigenvalue weighted by Crippen LogP contribution is -2.21. The maximum Gasteiger partial charge on any atom is 0.163 e. The first-order valence-corrected chi connectivity index (χ1v) is 11.6. The Morgan fingerprint density at radius 1 is 1.19 bits per heavy atom. The summed E-state index contributed by atoms with van der Waals surface area (Å²) in [6.07, 6.45) is 11.7. The number of benzene rings is 1. The summed E-state index contributed by atoms with van der Waals surface area (Å²) in [7, 11) is 2.97. The molecule has 0 radical (unpaired) electrons. The van der Waals surface area contributed by atoms with Crippen LogP contribution in [0, 0.1) is 5.92 Å². The van der Waals surface area contributed by atoms with Gasteiger partial charge in [-0.1, -0.05) is 29.4 Å². The molecule has 170 valence electrons. The maximum atomic E-state index is 12.0. The first kappa shape index (κ1) is 26.5. The molecular formula is C23H30O7S. The van der Waals surface area contributed by atoms with Crippen LogP contribution in [0.1, 0.15) is 24.8 Å². The van der Waals surface area contributed by atoms with Crippen LogP contribution in [-0.4, -0.2) is 59.2 Å². The van der Waals surface area contributed by atoms with E-state index in [1.54, 1.807) is 42.9 Å². The molecule has 1 aliphatic carbocycles. The minimum absolute atomic E-state index is 0.0166. The highest BCUT2D eigenvalue weighted by atomic mass is 32.2. The van der Waals surface area contributed by atoms with Crippen molar-refractivity contribution in [3.63, 3.8) is 0 Å². The van der Waals surface area contributed by atoms with Crippen LogP contribution in [-0.2, 0) is 25.5 Å². The van der Waals surface area contributed by atoms with Gasteiger partial charge in [0.05, 0.1) is 26.0 Å². The van der Waals surface area contributed by atoms with Crippen molar-refractivity contribution < 1.29 is 33.8 Å². The van der Waals surface area contributed by atoms with Crippen LogP contribution in [0.4, 0.5) is 0 Å². The van der Waals surface area contributed by atoms with Crippen LogP contribution in [0.15, 0.2) is 48.3 Å². The number of ether oxygens (including phenoxy) is 2. The van der Waals surface area contributed by atoms with Crippen LogP contribution < -0.4 is 4.74 Å². The van der Waals surface area contributed by atoms with E-state index in [2.05, 4.69) is 0 Å². The number of hydrogen-bond acceptors (Lipinski definition) is 7. The van der Waals surface area contributed by atoms with Crippen LogP contribution in [0.25, 0.3) is 6.08 Å². The van der Waals surface area contributed by atoms with Crippen LogP contribution in [0.5, 0.6) is 11.5 Å². The molecule has 31 heavy (non-hydrogen) atoms. The van der Waals surface area contributed by atoms with E-state index in [0.717, 1.165) is 0 Å². The number of phenols is 1. The molecule has 2 atom stereocenters. The minimum Gasteiger partial charge on any atom is -0.617 e. The van der Waals surface area contributed by atoms with Crippen LogP contribution in [0.2, 0.25) is 0 Å². The zero-order chi connectivity index (χ0) is 23.4. The van der Waals surface area contributed by atoms with Gasteiger partial charge in [0, 0.05) is 7.11 Å². The van der Waals surface area contributed by atoms with E-state index in [4.69, 9.17) is 9.47 Å². The summed E-state index contributed by atoms with van der Waals surface area (Å²) in [5.41, 5.74) is 0.681. The van der Waals surface area contributed by atoms with Crippen LogP contribution >= 0.6 is 0 Å². The fraction of sp³-hybridized carbons (Fsp3) is 0.391. The number of carbonyl (C=O) groups excluding carboxylic acids is 2. The number of ketones is 2. The Kier molecular flexibility index (Phi) is 11.7. The molecule has 0 heterocycles. The third-order valence-corrected chi connectivity index (χ3v) is 4.33. The van der Waals surface area contributed by atoms with Crippen molar-refractivity contribution in [3.05, 3.63) is 53.8 Å². The Morgan fingerprint density at radius 3 is 2.45 bits per heavy atom. The lowest BCUT2D eigenvalue weighted by atomic mass is 9.90. The third-order valence-electron chi connectivity index (χ3n) is 4.33. The zero-order valence-electron chi connectivity index (χ0n) is 18.2. The number of methoxy groups -OCH3 is 2. The fourth-order valence-electron chi connectivity index (χ4n) is 2.79. The minimum atomic E-state index is -0.611. The molecule has 0 aromatic heterocycles. The summed E-state index contributed by atoms with van der Waals surface area (Å²) in [6.45, 7) is 0. The largest absolute Gasteiger partial charge is 0.617 e. The number of phenolic OH excluding ortho intramolecular Hbond substituents is 1. The van der Waals surface area contributed by atoms with Gasteiger partial charge in [0.25, 0.3) is 0 Å². The van der Waals surface area contributed by atoms with Gasteiger partial charge in [0.15, 0.2) is 23.1 Å². The Labute approximate surface area is 186 Å². The summed E-state index contributed by atoms with van der Waals surface area (Å²) in [6, 6.07) is 4.71. The fourth-order valence-corrected chi connectivity index (χ4v) is 2.79. The number of aliphatic hydroxyl groups excluding tert-OH is 1. The molecule has 0 aliphatic heterocycles. The van der Waals surface area contributed by atoms with Crippen LogP contribution in [0.3, 0.4) is 0 Å². The number of aromatic hydroxyl groups is 1. The molecule has 0 fully saturated rings. The second-order valence-corrected chi connectivity index (χ2v) is 8.54. The smallest absolute Gasteiger partial charge is 0.163 e. The highest BCUT2D eigenvalue weighted by Crippen LogP contribution is 2.27. The molecule has 0 bridgehead atoms. The standard InChI is InChI=1S/C21H24O6.C2H6OS/c1-26-20-11-14(5-9-18(20)24)3-7-16(22)13-17(23)8-4-15-6-10-19(25)21(12-15)27-2;1-4(2)3/h3-5,7-11,15,21,24-25H,6,12-13H2,1-2H3;1-2H3/b7-3+,8-4+;. The van der Waals surface area contributed by atoms with Crippen molar-refractivity contribution in [1.82, 2.24) is 0 Å². The van der Waals surface area contributed by atoms with Gasteiger partial charge in [0.1, 0.15) is 11.9 Å². The van der Waals surface area contributed by atoms with E-state index in [-0.39, 0.29) is 41.5 Å². The third kappa shape index (κ3) is 10.3. The van der Waals surface area contributed by atoms with Gasteiger partial charge in [-0.15, -0.1) is 0 Å². The Bertz CT molecular complexity index is 824. The molecule has 8 heteroatoms. The highest BCUT2D eigenvalue weighted by molar-refractivity contribution is 7.89. The Balaban J connectivity index is 0.00000110. The number of hydrogen-bond donors (Lipinski definition) is 2. The lowest BCUT2D eigenvalue weighted by molar-refractivity contribution is -0.121. The molecule has 0 saturated heterocycles. The van der Waals surface area contributed by atoms with Crippen molar-refractivity contribution in [3.8, 4) is 11.5 Å². The summed E-state index contributed by atoms with van der Waals surface area (Å²) >= 11 is -0.611. The summed E-state index contributed by atoms with van der Waals surface area (Å²) < 4.78 is 19.7. The molecule has 1 aromatic carbocycles. The van der Waals surface area contributed by atoms with Crippen molar-refractivity contribution in [2.75, 3.05) is 26.7 Å². The van der Waals surface area contributed by atoms with E-state index >= 15 is 0 Å². The van der Waals surface area contributed by atoms with Crippen molar-refractivity contribution >= 4 is 28.8 Å². The van der Waals surface area contributed by atoms with Gasteiger partial charge in [-0.2, -0.15) is 0 Å². The van der Waals surface area contributed by atoms with Gasteiger partial charge < -0.3 is 24.2 Å². The first-order valence-electron chi connectivity index (χ1n) is 9.62. The summed E-state index contributed by atoms with van der Waals surface area (Å²) in [5, 5.41) is 19.2. The normalized spacial score (nSPS) is 18.6. The second kappa shape index (κ2) is 13.7. The van der Waals surface area contributed by atoms with E-state index < -0.39 is 11.2 Å². The average Bonchev–Trinajstić information content (AvgIpc) is 2.72. The molecule has 0 saturated carbocycles. The number of rotatable bonds is 8. The molecule has 1 aromatic rings. The van der Waals surface area contributed by atoms with Gasteiger partial charge >= 0.3 is 0 Å². The molecule has 0 amide bonds. The quantitative estimate of drug-likeness (QED) is 0.354. The van der Waals surface area contributed by atoms with Crippen molar-refractivity contribution in [1.29, 1.82) is 0 Å². The monoisotopic (exact) mass is 450 g/mol. The predicted molar refractivity (Wildman–Crippen MR) is 122 cm³/mol. The van der Waals surface area contributed by atoms with Gasteiger partial charge in [0.2, 0.25) is 0 Å². The summed E-state index contributed by atoms with van der Waals surface area (Å²) in [5.74, 6) is 0.0475. The second-order valence-electron chi connectivity index (χ2n) is 7.06. The topological polar surface area (TPSA) is 116 Å². The van der Waals surface area contributed by atoms with E-state index in [0.29, 0.717) is 24.2 Å². The summed E-state index contributed by atoms with van der Waals surface area (Å²) in [4.78, 5) is 23.9. The number of aliphatic hydroxyl groups is 1. The van der Waals surface area contributed by atoms with Crippen molar-refractivity contribution in [2.45, 2.75) is 25.4 Å². The molecule has 2 N–H and O–H groups in total. The predicted octanol–water partition coefficient (Wildman–Crippen LogP) is 3.36. The van der Waals surface area contributed by atoms with E-state index in [1.807, 2.05) is 0 Å². The number of allylic oxidation sites excluding steroid dienone is 4. The maximum absolute atomic E-state index is 12.0. The molecule has 2 unspecified atom stereocenters. The Hall–Kier alpha value is -2.55. The molecule has 0 spiro atoms. The first-order chi connectivity index (χ1) is 14.7. The Morgan fingerprint density at radius 2 is 1.84 bits per heavy atom. The number of carbonyl (C=O) groups is 2. The SMILES string of the molecule is COc1cc(/C=C/C(=O)CC(=O)/C=C/C2CC=C(O)C(OC)C2)ccc1O.C[S+](C)[O-]. The van der Waals surface area contributed by atoms with Gasteiger partial charge in [-0.05, 0) is 54.7 Å². The highest BCUT2D eigenvalue weighted by Gasteiger charge is 2.22. The molecule has 2 rings (SSSR count).